The Labute approximate surface area is 172 Å². The molecule has 0 bridgehead atoms. The van der Waals surface area contributed by atoms with Crippen molar-refractivity contribution in [2.24, 2.45) is 12.0 Å². The van der Waals surface area contributed by atoms with Crippen LogP contribution in [0.15, 0.2) is 46.5 Å². The zero-order valence-electron chi connectivity index (χ0n) is 15.4. The summed E-state index contributed by atoms with van der Waals surface area (Å²) in [5, 5.41) is 7.56. The number of benzene rings is 1. The lowest BCUT2D eigenvalue weighted by Gasteiger charge is -2.22. The molecule has 2 rings (SSSR count). The fourth-order valence-electron chi connectivity index (χ4n) is 2.44. The predicted octanol–water partition coefficient (Wildman–Crippen LogP) is 3.40. The van der Waals surface area contributed by atoms with Gasteiger partial charge in [0.05, 0.1) is 6.20 Å². The van der Waals surface area contributed by atoms with Gasteiger partial charge in [0.1, 0.15) is 0 Å². The summed E-state index contributed by atoms with van der Waals surface area (Å²) in [5.41, 5.74) is 2.50. The smallest absolute Gasteiger partial charge is 0.193 e. The molecule has 1 N–H and O–H groups in total. The third kappa shape index (κ3) is 7.27. The Morgan fingerprint density at radius 2 is 2.00 bits per heavy atom. The maximum Gasteiger partial charge on any atom is 0.193 e. The molecule has 0 saturated heterocycles. The Kier molecular flexibility index (Phi) is 9.96. The van der Waals surface area contributed by atoms with Gasteiger partial charge in [-0.2, -0.15) is 5.10 Å². The van der Waals surface area contributed by atoms with Crippen LogP contribution in [0.2, 0.25) is 0 Å². The number of guanidine groups is 1. The lowest BCUT2D eigenvalue weighted by atomic mass is 10.2. The fourth-order valence-corrected chi connectivity index (χ4v) is 2.85. The second kappa shape index (κ2) is 11.4. The van der Waals surface area contributed by atoms with Crippen molar-refractivity contribution >= 4 is 41.7 Å². The SMILES string of the molecule is CCNC(=NCCc1cnn(C)c1)N(C)Cc1ccc(SC)cc1.I. The minimum Gasteiger partial charge on any atom is -0.357 e. The molecule has 0 radical (unpaired) electrons. The van der Waals surface area contributed by atoms with Gasteiger partial charge in [0.25, 0.3) is 0 Å². The Morgan fingerprint density at radius 3 is 2.56 bits per heavy atom. The molecule has 0 aliphatic carbocycles. The molecule has 0 unspecified atom stereocenters. The van der Waals surface area contributed by atoms with Crippen molar-refractivity contribution in [1.82, 2.24) is 20.0 Å². The summed E-state index contributed by atoms with van der Waals surface area (Å²) in [6.07, 6.45) is 6.94. The normalized spacial score (nSPS) is 11.1. The van der Waals surface area contributed by atoms with E-state index in [-0.39, 0.29) is 24.0 Å². The number of halogens is 1. The van der Waals surface area contributed by atoms with Gasteiger partial charge in [-0.3, -0.25) is 9.67 Å². The number of hydrogen-bond acceptors (Lipinski definition) is 3. The highest BCUT2D eigenvalue weighted by atomic mass is 127. The van der Waals surface area contributed by atoms with Gasteiger partial charge in [-0.15, -0.1) is 35.7 Å². The Bertz CT molecular complexity index is 654. The Hall–Kier alpha value is -1.22. The number of thioether (sulfide) groups is 1. The van der Waals surface area contributed by atoms with Crippen molar-refractivity contribution in [3.8, 4) is 0 Å². The van der Waals surface area contributed by atoms with E-state index in [1.54, 1.807) is 11.8 Å². The van der Waals surface area contributed by atoms with Crippen molar-refractivity contribution in [2.75, 3.05) is 26.4 Å². The minimum atomic E-state index is 0. The third-order valence-corrected chi connectivity index (χ3v) is 4.44. The molecule has 5 nitrogen and oxygen atoms in total. The van der Waals surface area contributed by atoms with Crippen LogP contribution < -0.4 is 5.32 Å². The van der Waals surface area contributed by atoms with Crippen molar-refractivity contribution in [2.45, 2.75) is 24.8 Å². The van der Waals surface area contributed by atoms with E-state index in [4.69, 9.17) is 4.99 Å². The Morgan fingerprint density at radius 1 is 1.28 bits per heavy atom. The van der Waals surface area contributed by atoms with Crippen LogP contribution in [0.5, 0.6) is 0 Å². The van der Waals surface area contributed by atoms with E-state index < -0.39 is 0 Å². The highest BCUT2D eigenvalue weighted by Crippen LogP contribution is 2.15. The van der Waals surface area contributed by atoms with Gasteiger partial charge >= 0.3 is 0 Å². The summed E-state index contributed by atoms with van der Waals surface area (Å²) in [5.74, 6) is 0.940. The second-order valence-corrected chi connectivity index (χ2v) is 6.59. The molecular weight excluding hydrogens is 445 g/mol. The second-order valence-electron chi connectivity index (χ2n) is 5.71. The monoisotopic (exact) mass is 473 g/mol. The average Bonchev–Trinajstić information content (AvgIpc) is 3.00. The summed E-state index contributed by atoms with van der Waals surface area (Å²) in [7, 11) is 4.01. The van der Waals surface area contributed by atoms with Crippen LogP contribution in [0.25, 0.3) is 0 Å². The fraction of sp³-hybridized carbons (Fsp3) is 0.444. The standard InChI is InChI=1S/C18H27N5S.HI/c1-5-19-18(20-11-10-16-12-21-23(3)14-16)22(2)13-15-6-8-17(24-4)9-7-15;/h6-9,12,14H,5,10-11,13H2,1-4H3,(H,19,20);1H. The molecule has 1 aromatic carbocycles. The van der Waals surface area contributed by atoms with Gasteiger partial charge < -0.3 is 10.2 Å². The highest BCUT2D eigenvalue weighted by molar-refractivity contribution is 14.0. The van der Waals surface area contributed by atoms with Gasteiger partial charge in [0, 0.05) is 44.8 Å². The molecule has 1 aromatic heterocycles. The van der Waals surface area contributed by atoms with Crippen LogP contribution in [-0.2, 0) is 20.0 Å². The first-order valence-electron chi connectivity index (χ1n) is 8.22. The van der Waals surface area contributed by atoms with Crippen LogP contribution in [0, 0.1) is 0 Å². The van der Waals surface area contributed by atoms with E-state index in [9.17, 15) is 0 Å². The van der Waals surface area contributed by atoms with Crippen LogP contribution in [0.1, 0.15) is 18.1 Å². The van der Waals surface area contributed by atoms with Crippen molar-refractivity contribution in [3.05, 3.63) is 47.8 Å². The maximum absolute atomic E-state index is 4.74. The first kappa shape index (κ1) is 21.8. The summed E-state index contributed by atoms with van der Waals surface area (Å²) in [6.45, 7) is 4.55. The minimum absolute atomic E-state index is 0. The molecule has 1 heterocycles. The third-order valence-electron chi connectivity index (χ3n) is 3.70. The molecule has 0 aliphatic rings. The van der Waals surface area contributed by atoms with E-state index in [2.05, 4.69) is 59.8 Å². The number of hydrogen-bond donors (Lipinski definition) is 1. The average molecular weight is 473 g/mol. The van der Waals surface area contributed by atoms with Crippen LogP contribution in [-0.4, -0.2) is 47.0 Å². The summed E-state index contributed by atoms with van der Waals surface area (Å²) in [4.78, 5) is 8.20. The first-order valence-corrected chi connectivity index (χ1v) is 9.44. The van der Waals surface area contributed by atoms with E-state index in [0.29, 0.717) is 0 Å². The largest absolute Gasteiger partial charge is 0.357 e. The number of aromatic nitrogens is 2. The molecule has 25 heavy (non-hydrogen) atoms. The maximum atomic E-state index is 4.74. The van der Waals surface area contributed by atoms with Crippen molar-refractivity contribution in [1.29, 1.82) is 0 Å². The van der Waals surface area contributed by atoms with Gasteiger partial charge in [-0.1, -0.05) is 12.1 Å². The summed E-state index contributed by atoms with van der Waals surface area (Å²) >= 11 is 1.77. The van der Waals surface area contributed by atoms with Gasteiger partial charge in [-0.25, -0.2) is 0 Å². The van der Waals surface area contributed by atoms with Crippen molar-refractivity contribution in [3.63, 3.8) is 0 Å². The Balaban J connectivity index is 0.00000312. The molecule has 0 atom stereocenters. The van der Waals surface area contributed by atoms with Gasteiger partial charge in [0.2, 0.25) is 0 Å². The lowest BCUT2D eigenvalue weighted by Crippen LogP contribution is -2.38. The molecule has 0 spiro atoms. The van der Waals surface area contributed by atoms with Gasteiger partial charge in [0.15, 0.2) is 5.96 Å². The van der Waals surface area contributed by atoms with Crippen LogP contribution in [0.3, 0.4) is 0 Å². The number of aryl methyl sites for hydroxylation is 1. The molecule has 138 valence electrons. The molecule has 0 fully saturated rings. The van der Waals surface area contributed by atoms with Crippen molar-refractivity contribution < 1.29 is 0 Å². The molecule has 0 amide bonds. The molecular formula is C18H28IN5S. The predicted molar refractivity (Wildman–Crippen MR) is 118 cm³/mol. The topological polar surface area (TPSA) is 45.5 Å². The summed E-state index contributed by atoms with van der Waals surface area (Å²) in [6, 6.07) is 8.70. The van der Waals surface area contributed by atoms with Gasteiger partial charge in [-0.05, 0) is 42.9 Å². The number of nitrogens with zero attached hydrogens (tertiary/aromatic N) is 4. The highest BCUT2D eigenvalue weighted by Gasteiger charge is 2.06. The summed E-state index contributed by atoms with van der Waals surface area (Å²) < 4.78 is 1.83. The zero-order valence-corrected chi connectivity index (χ0v) is 18.5. The zero-order chi connectivity index (χ0) is 17.4. The number of rotatable bonds is 7. The van der Waals surface area contributed by atoms with E-state index in [1.807, 2.05) is 24.1 Å². The quantitative estimate of drug-likeness (QED) is 0.290. The molecule has 0 aliphatic heterocycles. The molecule has 2 aromatic rings. The molecule has 0 saturated carbocycles. The molecule has 7 heteroatoms. The van der Waals surface area contributed by atoms with E-state index >= 15 is 0 Å². The van der Waals surface area contributed by atoms with E-state index in [0.717, 1.165) is 32.0 Å². The van der Waals surface area contributed by atoms with E-state index in [1.165, 1.54) is 16.0 Å². The number of nitrogens with one attached hydrogen (secondary N) is 1. The first-order chi connectivity index (χ1) is 11.6. The van der Waals surface area contributed by atoms with Crippen LogP contribution in [0.4, 0.5) is 0 Å². The number of aliphatic imine (C=N–C) groups is 1. The lowest BCUT2D eigenvalue weighted by molar-refractivity contribution is 0.477. The van der Waals surface area contributed by atoms with Crippen LogP contribution >= 0.6 is 35.7 Å².